The van der Waals surface area contributed by atoms with Gasteiger partial charge in [0.15, 0.2) is 0 Å². The first-order valence-electron chi connectivity index (χ1n) is 6.68. The van der Waals surface area contributed by atoms with Crippen molar-refractivity contribution in [3.8, 4) is 0 Å². The van der Waals surface area contributed by atoms with E-state index in [2.05, 4.69) is 17.2 Å². The molecule has 0 saturated heterocycles. The summed E-state index contributed by atoms with van der Waals surface area (Å²) in [7, 11) is 1.81. The molecule has 1 fully saturated rings. The molecule has 18 heavy (non-hydrogen) atoms. The van der Waals surface area contributed by atoms with Crippen molar-refractivity contribution in [3.05, 3.63) is 23.9 Å². The number of anilines is 1. The summed E-state index contributed by atoms with van der Waals surface area (Å²) in [5.74, 6) is 1.51. The van der Waals surface area contributed by atoms with E-state index in [1.165, 1.54) is 12.8 Å². The lowest BCUT2D eigenvalue weighted by atomic mass is 10.2. The SMILES string of the molecule is CCCN(CC1CC1)C(=O)c1cccc(NC)n1. The van der Waals surface area contributed by atoms with Crippen LogP contribution in [0.5, 0.6) is 0 Å². The second kappa shape index (κ2) is 5.85. The fourth-order valence-corrected chi connectivity index (χ4v) is 2.01. The fourth-order valence-electron chi connectivity index (χ4n) is 2.01. The second-order valence-corrected chi connectivity index (χ2v) is 4.85. The molecule has 1 heterocycles. The predicted molar refractivity (Wildman–Crippen MR) is 72.7 cm³/mol. The first kappa shape index (κ1) is 12.9. The predicted octanol–water partition coefficient (Wildman–Crippen LogP) is 2.39. The van der Waals surface area contributed by atoms with Gasteiger partial charge in [0.2, 0.25) is 0 Å². The first-order valence-corrected chi connectivity index (χ1v) is 6.68. The zero-order chi connectivity index (χ0) is 13.0. The number of pyridine rings is 1. The molecule has 0 atom stereocenters. The van der Waals surface area contributed by atoms with Crippen LogP contribution in [-0.4, -0.2) is 35.9 Å². The average molecular weight is 247 g/mol. The highest BCUT2D eigenvalue weighted by atomic mass is 16.2. The molecule has 1 aliphatic rings. The van der Waals surface area contributed by atoms with E-state index < -0.39 is 0 Å². The number of nitrogens with one attached hydrogen (secondary N) is 1. The lowest BCUT2D eigenvalue weighted by molar-refractivity contribution is 0.0742. The summed E-state index contributed by atoms with van der Waals surface area (Å²) >= 11 is 0. The van der Waals surface area contributed by atoms with Gasteiger partial charge in [0.05, 0.1) is 0 Å². The number of carbonyl (C=O) groups is 1. The number of amides is 1. The Morgan fingerprint density at radius 3 is 2.89 bits per heavy atom. The molecular formula is C14H21N3O. The van der Waals surface area contributed by atoms with Gasteiger partial charge >= 0.3 is 0 Å². The number of rotatable bonds is 6. The number of aromatic nitrogens is 1. The van der Waals surface area contributed by atoms with Crippen LogP contribution in [0.25, 0.3) is 0 Å². The van der Waals surface area contributed by atoms with Gasteiger partial charge in [-0.05, 0) is 37.3 Å². The van der Waals surface area contributed by atoms with Gasteiger partial charge in [-0.25, -0.2) is 4.98 Å². The molecule has 0 bridgehead atoms. The smallest absolute Gasteiger partial charge is 0.272 e. The van der Waals surface area contributed by atoms with E-state index in [-0.39, 0.29) is 5.91 Å². The van der Waals surface area contributed by atoms with Crippen molar-refractivity contribution in [2.24, 2.45) is 5.92 Å². The lowest BCUT2D eigenvalue weighted by Crippen LogP contribution is -2.34. The Morgan fingerprint density at radius 2 is 2.28 bits per heavy atom. The molecule has 0 unspecified atom stereocenters. The molecule has 0 aliphatic heterocycles. The van der Waals surface area contributed by atoms with Gasteiger partial charge in [-0.2, -0.15) is 0 Å². The molecule has 2 rings (SSSR count). The Balaban J connectivity index is 2.09. The molecule has 1 amide bonds. The van der Waals surface area contributed by atoms with Crippen LogP contribution in [0.15, 0.2) is 18.2 Å². The second-order valence-electron chi connectivity index (χ2n) is 4.85. The summed E-state index contributed by atoms with van der Waals surface area (Å²) in [5.41, 5.74) is 0.538. The normalized spacial score (nSPS) is 14.3. The summed E-state index contributed by atoms with van der Waals surface area (Å²) in [5, 5.41) is 2.96. The minimum Gasteiger partial charge on any atom is -0.373 e. The Morgan fingerprint density at radius 1 is 1.50 bits per heavy atom. The van der Waals surface area contributed by atoms with Crippen LogP contribution in [-0.2, 0) is 0 Å². The fraction of sp³-hybridized carbons (Fsp3) is 0.571. The Kier molecular flexibility index (Phi) is 4.18. The quantitative estimate of drug-likeness (QED) is 0.839. The van der Waals surface area contributed by atoms with Gasteiger partial charge in [0.25, 0.3) is 5.91 Å². The van der Waals surface area contributed by atoms with Crippen molar-refractivity contribution in [1.82, 2.24) is 9.88 Å². The van der Waals surface area contributed by atoms with Crippen molar-refractivity contribution in [1.29, 1.82) is 0 Å². The molecular weight excluding hydrogens is 226 g/mol. The molecule has 1 N–H and O–H groups in total. The number of hydrogen-bond donors (Lipinski definition) is 1. The third kappa shape index (κ3) is 3.22. The van der Waals surface area contributed by atoms with Gasteiger partial charge in [-0.15, -0.1) is 0 Å². The molecule has 1 aliphatic carbocycles. The molecule has 4 nitrogen and oxygen atoms in total. The molecule has 4 heteroatoms. The molecule has 1 aromatic heterocycles. The van der Waals surface area contributed by atoms with Gasteiger partial charge in [-0.3, -0.25) is 4.79 Å². The standard InChI is InChI=1S/C14H21N3O/c1-3-9-17(10-11-7-8-11)14(18)12-5-4-6-13(15-2)16-12/h4-6,11H,3,7-10H2,1-2H3,(H,15,16). The van der Waals surface area contributed by atoms with Crippen molar-refractivity contribution in [2.45, 2.75) is 26.2 Å². The Hall–Kier alpha value is -1.58. The Labute approximate surface area is 108 Å². The lowest BCUT2D eigenvalue weighted by Gasteiger charge is -2.21. The highest BCUT2D eigenvalue weighted by Gasteiger charge is 2.27. The van der Waals surface area contributed by atoms with Gasteiger partial charge < -0.3 is 10.2 Å². The van der Waals surface area contributed by atoms with Crippen LogP contribution < -0.4 is 5.32 Å². The molecule has 98 valence electrons. The zero-order valence-corrected chi connectivity index (χ0v) is 11.1. The van der Waals surface area contributed by atoms with Crippen molar-refractivity contribution in [3.63, 3.8) is 0 Å². The van der Waals surface area contributed by atoms with Crippen LogP contribution in [0.3, 0.4) is 0 Å². The van der Waals surface area contributed by atoms with E-state index in [0.29, 0.717) is 11.6 Å². The highest BCUT2D eigenvalue weighted by molar-refractivity contribution is 5.92. The topological polar surface area (TPSA) is 45.2 Å². The third-order valence-electron chi connectivity index (χ3n) is 3.18. The monoisotopic (exact) mass is 247 g/mol. The van der Waals surface area contributed by atoms with Crippen LogP contribution in [0.4, 0.5) is 5.82 Å². The van der Waals surface area contributed by atoms with E-state index in [9.17, 15) is 4.79 Å². The minimum atomic E-state index is 0.0563. The number of carbonyl (C=O) groups excluding carboxylic acids is 1. The zero-order valence-electron chi connectivity index (χ0n) is 11.1. The summed E-state index contributed by atoms with van der Waals surface area (Å²) in [6.07, 6.45) is 3.51. The van der Waals surface area contributed by atoms with Crippen LogP contribution in [0, 0.1) is 5.92 Å². The third-order valence-corrected chi connectivity index (χ3v) is 3.18. The van der Waals surface area contributed by atoms with E-state index in [4.69, 9.17) is 0 Å². The molecule has 1 aromatic rings. The molecule has 0 spiro atoms. The Bertz CT molecular complexity index is 415. The number of nitrogens with zero attached hydrogens (tertiary/aromatic N) is 2. The maximum atomic E-state index is 12.4. The summed E-state index contributed by atoms with van der Waals surface area (Å²) < 4.78 is 0. The van der Waals surface area contributed by atoms with Crippen molar-refractivity contribution >= 4 is 11.7 Å². The maximum absolute atomic E-state index is 12.4. The van der Waals surface area contributed by atoms with E-state index >= 15 is 0 Å². The van der Waals surface area contributed by atoms with E-state index in [0.717, 1.165) is 25.3 Å². The van der Waals surface area contributed by atoms with Crippen molar-refractivity contribution < 1.29 is 4.79 Å². The average Bonchev–Trinajstić information content (AvgIpc) is 3.21. The van der Waals surface area contributed by atoms with E-state index in [1.54, 1.807) is 6.07 Å². The maximum Gasteiger partial charge on any atom is 0.272 e. The summed E-state index contributed by atoms with van der Waals surface area (Å²) in [6.45, 7) is 3.81. The minimum absolute atomic E-state index is 0.0563. The van der Waals surface area contributed by atoms with Crippen LogP contribution >= 0.6 is 0 Å². The summed E-state index contributed by atoms with van der Waals surface area (Å²) in [4.78, 5) is 18.7. The highest BCUT2D eigenvalue weighted by Crippen LogP contribution is 2.30. The van der Waals surface area contributed by atoms with Gasteiger partial charge in [0.1, 0.15) is 11.5 Å². The number of hydrogen-bond acceptors (Lipinski definition) is 3. The van der Waals surface area contributed by atoms with E-state index in [1.807, 2.05) is 24.1 Å². The van der Waals surface area contributed by atoms with Crippen LogP contribution in [0.1, 0.15) is 36.7 Å². The van der Waals surface area contributed by atoms with Gasteiger partial charge in [-0.1, -0.05) is 13.0 Å². The molecule has 0 aromatic carbocycles. The van der Waals surface area contributed by atoms with Crippen molar-refractivity contribution in [2.75, 3.05) is 25.5 Å². The summed E-state index contributed by atoms with van der Waals surface area (Å²) in [6, 6.07) is 5.52. The van der Waals surface area contributed by atoms with Crippen LogP contribution in [0.2, 0.25) is 0 Å². The first-order chi connectivity index (χ1) is 8.74. The molecule has 1 saturated carbocycles. The largest absolute Gasteiger partial charge is 0.373 e. The van der Waals surface area contributed by atoms with Gasteiger partial charge in [0, 0.05) is 20.1 Å². The molecule has 0 radical (unpaired) electrons.